The third kappa shape index (κ3) is 1.77. The van der Waals surface area contributed by atoms with Crippen molar-refractivity contribution < 1.29 is 0 Å². The van der Waals surface area contributed by atoms with E-state index in [2.05, 4.69) is 29.0 Å². The van der Waals surface area contributed by atoms with Crippen LogP contribution in [-0.2, 0) is 0 Å². The monoisotopic (exact) mass is 154 g/mol. The first-order chi connectivity index (χ1) is 5.11. The zero-order chi connectivity index (χ0) is 8.43. The van der Waals surface area contributed by atoms with Crippen molar-refractivity contribution in [2.75, 3.05) is 0 Å². The van der Waals surface area contributed by atoms with Crippen molar-refractivity contribution in [2.45, 2.75) is 26.8 Å². The van der Waals surface area contributed by atoms with Gasteiger partial charge in [-0.2, -0.15) is 5.10 Å². The van der Waals surface area contributed by atoms with Crippen LogP contribution in [0.4, 0.5) is 0 Å². The van der Waals surface area contributed by atoms with Crippen molar-refractivity contribution in [1.29, 1.82) is 0 Å². The summed E-state index contributed by atoms with van der Waals surface area (Å²) in [6, 6.07) is -0.0556. The average molecular weight is 154 g/mol. The Morgan fingerprint density at radius 3 is 2.45 bits per heavy atom. The first-order valence-electron chi connectivity index (χ1n) is 3.75. The second-order valence-corrected chi connectivity index (χ2v) is 3.05. The third-order valence-corrected chi connectivity index (χ3v) is 1.63. The Hall–Kier alpha value is -0.900. The molecule has 0 saturated heterocycles. The van der Waals surface area contributed by atoms with E-state index < -0.39 is 0 Å². The molecule has 1 heterocycles. The fourth-order valence-corrected chi connectivity index (χ4v) is 0.807. The molecule has 0 fully saturated rings. The van der Waals surface area contributed by atoms with E-state index in [0.717, 1.165) is 5.82 Å². The van der Waals surface area contributed by atoms with E-state index in [-0.39, 0.29) is 6.04 Å². The molecule has 0 amide bonds. The summed E-state index contributed by atoms with van der Waals surface area (Å²) >= 11 is 0. The topological polar surface area (TPSA) is 67.6 Å². The quantitative estimate of drug-likeness (QED) is 0.661. The predicted molar refractivity (Wildman–Crippen MR) is 42.9 cm³/mol. The number of aromatic nitrogens is 3. The van der Waals surface area contributed by atoms with Crippen LogP contribution in [0.2, 0.25) is 0 Å². The lowest BCUT2D eigenvalue weighted by Gasteiger charge is -2.10. The van der Waals surface area contributed by atoms with Gasteiger partial charge in [0.25, 0.3) is 0 Å². The Kier molecular flexibility index (Phi) is 2.24. The minimum Gasteiger partial charge on any atom is -0.321 e. The van der Waals surface area contributed by atoms with Gasteiger partial charge in [0.1, 0.15) is 5.82 Å². The molecule has 0 aliphatic rings. The fraction of sp³-hybridized carbons (Fsp3) is 0.714. The molecule has 0 aliphatic carbocycles. The van der Waals surface area contributed by atoms with Gasteiger partial charge in [-0.25, -0.2) is 4.98 Å². The first kappa shape index (κ1) is 8.20. The molecule has 0 saturated carbocycles. The molecule has 4 nitrogen and oxygen atoms in total. The number of nitrogens with zero attached hydrogens (tertiary/aromatic N) is 2. The molecule has 62 valence electrons. The molecular weight excluding hydrogens is 140 g/mol. The Labute approximate surface area is 66.2 Å². The van der Waals surface area contributed by atoms with Crippen LogP contribution in [0.1, 0.15) is 31.5 Å². The largest absolute Gasteiger partial charge is 0.321 e. The number of rotatable bonds is 2. The Morgan fingerprint density at radius 2 is 2.09 bits per heavy atom. The number of nitrogens with one attached hydrogen (secondary N) is 1. The lowest BCUT2D eigenvalue weighted by Crippen LogP contribution is -2.18. The normalized spacial score (nSPS) is 13.9. The van der Waals surface area contributed by atoms with Gasteiger partial charge >= 0.3 is 0 Å². The van der Waals surface area contributed by atoms with Crippen LogP contribution in [0.25, 0.3) is 0 Å². The molecule has 1 rings (SSSR count). The van der Waals surface area contributed by atoms with E-state index in [0.29, 0.717) is 11.7 Å². The van der Waals surface area contributed by atoms with Gasteiger partial charge in [0.15, 0.2) is 5.82 Å². The lowest BCUT2D eigenvalue weighted by molar-refractivity contribution is 0.491. The van der Waals surface area contributed by atoms with Crippen LogP contribution in [0.15, 0.2) is 0 Å². The Morgan fingerprint density at radius 1 is 1.45 bits per heavy atom. The fourth-order valence-electron chi connectivity index (χ4n) is 0.807. The minimum atomic E-state index is -0.0556. The number of hydrogen-bond donors (Lipinski definition) is 2. The number of aromatic amines is 1. The molecule has 3 N–H and O–H groups in total. The number of H-pyrrole nitrogens is 1. The van der Waals surface area contributed by atoms with Gasteiger partial charge in [0, 0.05) is 0 Å². The Bertz CT molecular complexity index is 228. The number of nitrogens with two attached hydrogens (primary N) is 1. The molecule has 0 aliphatic heterocycles. The molecule has 1 aromatic heterocycles. The summed E-state index contributed by atoms with van der Waals surface area (Å²) in [5.41, 5.74) is 5.81. The summed E-state index contributed by atoms with van der Waals surface area (Å²) in [7, 11) is 0. The van der Waals surface area contributed by atoms with E-state index in [4.69, 9.17) is 5.73 Å². The molecular formula is C7H14N4. The molecule has 0 aromatic carbocycles. The first-order valence-corrected chi connectivity index (χ1v) is 3.75. The molecule has 11 heavy (non-hydrogen) atoms. The summed E-state index contributed by atoms with van der Waals surface area (Å²) in [6.45, 7) is 5.97. The molecule has 0 radical (unpaired) electrons. The number of hydrogen-bond acceptors (Lipinski definition) is 3. The van der Waals surface area contributed by atoms with Crippen molar-refractivity contribution >= 4 is 0 Å². The van der Waals surface area contributed by atoms with Crippen molar-refractivity contribution in [2.24, 2.45) is 11.7 Å². The highest BCUT2D eigenvalue weighted by Crippen LogP contribution is 2.13. The molecule has 1 aromatic rings. The van der Waals surface area contributed by atoms with E-state index in [9.17, 15) is 0 Å². The maximum absolute atomic E-state index is 5.81. The zero-order valence-corrected chi connectivity index (χ0v) is 7.13. The van der Waals surface area contributed by atoms with Gasteiger partial charge in [-0.3, -0.25) is 5.10 Å². The molecule has 0 bridgehead atoms. The summed E-state index contributed by atoms with van der Waals surface area (Å²) < 4.78 is 0. The lowest BCUT2D eigenvalue weighted by atomic mass is 10.1. The van der Waals surface area contributed by atoms with Crippen LogP contribution < -0.4 is 5.73 Å². The zero-order valence-electron chi connectivity index (χ0n) is 7.13. The van der Waals surface area contributed by atoms with Crippen molar-refractivity contribution in [3.05, 3.63) is 11.6 Å². The van der Waals surface area contributed by atoms with Gasteiger partial charge in [0.05, 0.1) is 6.04 Å². The molecule has 1 atom stereocenters. The van der Waals surface area contributed by atoms with Crippen LogP contribution in [0.5, 0.6) is 0 Å². The maximum Gasteiger partial charge on any atom is 0.167 e. The molecule has 1 unspecified atom stereocenters. The second-order valence-electron chi connectivity index (χ2n) is 3.05. The highest BCUT2D eigenvalue weighted by molar-refractivity contribution is 4.95. The van der Waals surface area contributed by atoms with Crippen LogP contribution in [-0.4, -0.2) is 15.2 Å². The molecule has 4 heteroatoms. The summed E-state index contributed by atoms with van der Waals surface area (Å²) in [5, 5.41) is 6.74. The van der Waals surface area contributed by atoms with Crippen molar-refractivity contribution in [1.82, 2.24) is 15.2 Å². The van der Waals surface area contributed by atoms with Crippen molar-refractivity contribution in [3.8, 4) is 0 Å². The average Bonchev–Trinajstić information content (AvgIpc) is 2.34. The SMILES string of the molecule is Cc1nc(C(N)C(C)C)n[nH]1. The van der Waals surface area contributed by atoms with E-state index in [1.165, 1.54) is 0 Å². The van der Waals surface area contributed by atoms with E-state index in [1.54, 1.807) is 0 Å². The van der Waals surface area contributed by atoms with Gasteiger partial charge in [-0.05, 0) is 12.8 Å². The van der Waals surface area contributed by atoms with Gasteiger partial charge in [0.2, 0.25) is 0 Å². The summed E-state index contributed by atoms with van der Waals surface area (Å²) in [5.74, 6) is 1.90. The highest BCUT2D eigenvalue weighted by Gasteiger charge is 2.14. The summed E-state index contributed by atoms with van der Waals surface area (Å²) in [6.07, 6.45) is 0. The van der Waals surface area contributed by atoms with Crippen LogP contribution in [0.3, 0.4) is 0 Å². The third-order valence-electron chi connectivity index (χ3n) is 1.63. The minimum absolute atomic E-state index is 0.0556. The van der Waals surface area contributed by atoms with E-state index in [1.807, 2.05) is 6.92 Å². The van der Waals surface area contributed by atoms with Gasteiger partial charge in [-0.15, -0.1) is 0 Å². The molecule has 0 spiro atoms. The number of aryl methyl sites for hydroxylation is 1. The second kappa shape index (κ2) is 3.00. The van der Waals surface area contributed by atoms with Crippen LogP contribution in [0, 0.1) is 12.8 Å². The van der Waals surface area contributed by atoms with Gasteiger partial charge in [-0.1, -0.05) is 13.8 Å². The smallest absolute Gasteiger partial charge is 0.167 e. The standard InChI is InChI=1S/C7H14N4/c1-4(2)6(8)7-9-5(3)10-11-7/h4,6H,8H2,1-3H3,(H,9,10,11). The highest BCUT2D eigenvalue weighted by atomic mass is 15.2. The van der Waals surface area contributed by atoms with Crippen molar-refractivity contribution in [3.63, 3.8) is 0 Å². The maximum atomic E-state index is 5.81. The Balaban J connectivity index is 2.76. The van der Waals surface area contributed by atoms with Gasteiger partial charge < -0.3 is 5.73 Å². The van der Waals surface area contributed by atoms with E-state index >= 15 is 0 Å². The van der Waals surface area contributed by atoms with Crippen LogP contribution >= 0.6 is 0 Å². The predicted octanol–water partition coefficient (Wildman–Crippen LogP) is 0.769. The summed E-state index contributed by atoms with van der Waals surface area (Å²) in [4.78, 5) is 4.14.